The van der Waals surface area contributed by atoms with Crippen molar-refractivity contribution in [1.82, 2.24) is 9.78 Å². The molecule has 0 atom stereocenters. The van der Waals surface area contributed by atoms with Gasteiger partial charge >= 0.3 is 5.69 Å². The molecule has 21 heavy (non-hydrogen) atoms. The molecule has 0 unspecified atom stereocenters. The van der Waals surface area contributed by atoms with Crippen molar-refractivity contribution < 1.29 is 14.8 Å². The summed E-state index contributed by atoms with van der Waals surface area (Å²) in [6, 6.07) is 4.22. The fraction of sp³-hybridized carbons (Fsp3) is 0.167. The molecule has 0 saturated heterocycles. The third kappa shape index (κ3) is 3.48. The lowest BCUT2D eigenvalue weighted by atomic mass is 10.3. The van der Waals surface area contributed by atoms with Crippen LogP contribution in [-0.4, -0.2) is 25.7 Å². The standard InChI is InChI=1S/C12H11ClN4O4/c1-7-10(17(20)21)5-16(15-7)6-12(19)14-9-4-8(13)2-3-11(9)18/h2-5,18H,6H2,1H3,(H,14,19). The minimum absolute atomic E-state index is 0.129. The van der Waals surface area contributed by atoms with Crippen LogP contribution in [0.4, 0.5) is 11.4 Å². The largest absolute Gasteiger partial charge is 0.506 e. The zero-order valence-corrected chi connectivity index (χ0v) is 11.7. The number of benzene rings is 1. The number of aryl methyl sites for hydroxylation is 1. The second-order valence-electron chi connectivity index (χ2n) is 4.26. The van der Waals surface area contributed by atoms with E-state index in [9.17, 15) is 20.0 Å². The molecule has 2 rings (SSSR count). The first-order valence-corrected chi connectivity index (χ1v) is 6.21. The highest BCUT2D eigenvalue weighted by Gasteiger charge is 2.17. The normalized spacial score (nSPS) is 10.4. The smallest absolute Gasteiger partial charge is 0.309 e. The number of rotatable bonds is 4. The van der Waals surface area contributed by atoms with E-state index in [1.807, 2.05) is 0 Å². The van der Waals surface area contributed by atoms with Gasteiger partial charge in [-0.2, -0.15) is 5.10 Å². The molecule has 0 aliphatic rings. The van der Waals surface area contributed by atoms with Crippen molar-refractivity contribution in [2.45, 2.75) is 13.5 Å². The Kier molecular flexibility index (Phi) is 4.08. The summed E-state index contributed by atoms with van der Waals surface area (Å²) in [5.41, 5.74) is 0.220. The Labute approximate surface area is 124 Å². The predicted octanol–water partition coefficient (Wildman–Crippen LogP) is 2.10. The number of anilines is 1. The number of nitro groups is 1. The molecule has 2 aromatic rings. The van der Waals surface area contributed by atoms with Gasteiger partial charge in [0, 0.05) is 5.02 Å². The quantitative estimate of drug-likeness (QED) is 0.510. The van der Waals surface area contributed by atoms with Gasteiger partial charge in [-0.3, -0.25) is 19.6 Å². The number of carbonyl (C=O) groups is 1. The molecular weight excluding hydrogens is 300 g/mol. The summed E-state index contributed by atoms with van der Waals surface area (Å²) in [7, 11) is 0. The van der Waals surface area contributed by atoms with Crippen molar-refractivity contribution in [2.24, 2.45) is 0 Å². The minimum Gasteiger partial charge on any atom is -0.506 e. The Balaban J connectivity index is 2.10. The second-order valence-corrected chi connectivity index (χ2v) is 4.70. The zero-order chi connectivity index (χ0) is 15.6. The van der Waals surface area contributed by atoms with Crippen LogP contribution in [0.2, 0.25) is 5.02 Å². The van der Waals surface area contributed by atoms with Gasteiger partial charge in [0.25, 0.3) is 0 Å². The van der Waals surface area contributed by atoms with E-state index in [4.69, 9.17) is 11.6 Å². The first kappa shape index (κ1) is 14.8. The maximum atomic E-state index is 11.8. The van der Waals surface area contributed by atoms with Crippen LogP contribution in [-0.2, 0) is 11.3 Å². The summed E-state index contributed by atoms with van der Waals surface area (Å²) in [6.07, 6.45) is 1.17. The van der Waals surface area contributed by atoms with Gasteiger partial charge in [-0.1, -0.05) is 11.6 Å². The molecule has 0 spiro atoms. The molecule has 0 saturated carbocycles. The number of amides is 1. The molecule has 9 heteroatoms. The van der Waals surface area contributed by atoms with Gasteiger partial charge in [0.15, 0.2) is 0 Å². The summed E-state index contributed by atoms with van der Waals surface area (Å²) >= 11 is 5.76. The van der Waals surface area contributed by atoms with E-state index in [1.54, 1.807) is 0 Å². The number of nitrogens with one attached hydrogen (secondary N) is 1. The number of hydrogen-bond acceptors (Lipinski definition) is 5. The Morgan fingerprint density at radius 2 is 2.29 bits per heavy atom. The fourth-order valence-corrected chi connectivity index (χ4v) is 1.88. The van der Waals surface area contributed by atoms with Crippen LogP contribution in [0, 0.1) is 17.0 Å². The molecule has 110 valence electrons. The summed E-state index contributed by atoms with van der Waals surface area (Å²) in [6.45, 7) is 1.26. The average Bonchev–Trinajstić information content (AvgIpc) is 2.74. The molecule has 0 radical (unpaired) electrons. The number of aromatic nitrogens is 2. The Hall–Kier alpha value is -2.61. The molecule has 1 amide bonds. The molecule has 1 aromatic heterocycles. The Morgan fingerprint density at radius 1 is 1.57 bits per heavy atom. The molecule has 0 bridgehead atoms. The number of phenolic OH excluding ortho intramolecular Hbond substituents is 1. The molecule has 2 N–H and O–H groups in total. The van der Waals surface area contributed by atoms with Gasteiger partial charge in [-0.05, 0) is 25.1 Å². The highest BCUT2D eigenvalue weighted by Crippen LogP contribution is 2.26. The van der Waals surface area contributed by atoms with Crippen LogP contribution < -0.4 is 5.32 Å². The van der Waals surface area contributed by atoms with E-state index < -0.39 is 10.8 Å². The lowest BCUT2D eigenvalue weighted by molar-refractivity contribution is -0.385. The monoisotopic (exact) mass is 310 g/mol. The number of phenols is 1. The number of hydrogen-bond donors (Lipinski definition) is 2. The average molecular weight is 311 g/mol. The summed E-state index contributed by atoms with van der Waals surface area (Å²) in [5.74, 6) is -0.625. The number of halogens is 1. The second kappa shape index (κ2) is 5.80. The maximum absolute atomic E-state index is 11.8. The third-order valence-electron chi connectivity index (χ3n) is 2.66. The van der Waals surface area contributed by atoms with Crippen LogP contribution in [0.25, 0.3) is 0 Å². The Bertz CT molecular complexity index is 713. The van der Waals surface area contributed by atoms with Gasteiger partial charge in [0.1, 0.15) is 24.2 Å². The number of aromatic hydroxyl groups is 1. The van der Waals surface area contributed by atoms with E-state index in [1.165, 1.54) is 31.3 Å². The zero-order valence-electron chi connectivity index (χ0n) is 10.9. The lowest BCUT2D eigenvalue weighted by Gasteiger charge is -2.07. The van der Waals surface area contributed by atoms with Crippen LogP contribution in [0.1, 0.15) is 5.69 Å². The number of nitrogens with zero attached hydrogens (tertiary/aromatic N) is 3. The van der Waals surface area contributed by atoms with Gasteiger partial charge in [0.2, 0.25) is 5.91 Å². The molecule has 8 nitrogen and oxygen atoms in total. The van der Waals surface area contributed by atoms with Crippen molar-refractivity contribution in [2.75, 3.05) is 5.32 Å². The van der Waals surface area contributed by atoms with Crippen LogP contribution in [0.3, 0.4) is 0 Å². The van der Waals surface area contributed by atoms with Crippen LogP contribution >= 0.6 is 11.6 Å². The van der Waals surface area contributed by atoms with Gasteiger partial charge < -0.3 is 10.4 Å². The summed E-state index contributed by atoms with van der Waals surface area (Å²) < 4.78 is 1.16. The van der Waals surface area contributed by atoms with Gasteiger partial charge in [-0.25, -0.2) is 0 Å². The maximum Gasteiger partial charge on any atom is 0.309 e. The summed E-state index contributed by atoms with van der Waals surface area (Å²) in [5, 5.41) is 27.0. The van der Waals surface area contributed by atoms with Crippen LogP contribution in [0.5, 0.6) is 5.75 Å². The molecular formula is C12H11ClN4O4. The van der Waals surface area contributed by atoms with Gasteiger partial charge in [-0.15, -0.1) is 0 Å². The molecule has 0 aliphatic carbocycles. The van der Waals surface area contributed by atoms with Gasteiger partial charge in [0.05, 0.1) is 10.6 Å². The molecule has 0 fully saturated rings. The van der Waals surface area contributed by atoms with E-state index in [0.717, 1.165) is 4.68 Å². The van der Waals surface area contributed by atoms with E-state index in [2.05, 4.69) is 10.4 Å². The first-order chi connectivity index (χ1) is 9.86. The van der Waals surface area contributed by atoms with Crippen molar-refractivity contribution in [3.8, 4) is 5.75 Å². The van der Waals surface area contributed by atoms with Crippen molar-refractivity contribution in [1.29, 1.82) is 0 Å². The topological polar surface area (TPSA) is 110 Å². The predicted molar refractivity (Wildman–Crippen MR) is 75.4 cm³/mol. The van der Waals surface area contributed by atoms with Crippen molar-refractivity contribution >= 4 is 28.9 Å². The fourth-order valence-electron chi connectivity index (χ4n) is 1.71. The lowest BCUT2D eigenvalue weighted by Crippen LogP contribution is -2.19. The van der Waals surface area contributed by atoms with E-state index >= 15 is 0 Å². The van der Waals surface area contributed by atoms with Crippen molar-refractivity contribution in [3.05, 3.63) is 45.2 Å². The highest BCUT2D eigenvalue weighted by atomic mass is 35.5. The van der Waals surface area contributed by atoms with Crippen LogP contribution in [0.15, 0.2) is 24.4 Å². The highest BCUT2D eigenvalue weighted by molar-refractivity contribution is 6.31. The number of carbonyl (C=O) groups excluding carboxylic acids is 1. The van der Waals surface area contributed by atoms with Crippen molar-refractivity contribution in [3.63, 3.8) is 0 Å². The first-order valence-electron chi connectivity index (χ1n) is 5.83. The molecule has 1 heterocycles. The third-order valence-corrected chi connectivity index (χ3v) is 2.89. The SMILES string of the molecule is Cc1nn(CC(=O)Nc2cc(Cl)ccc2O)cc1[N+](=O)[O-]. The Morgan fingerprint density at radius 3 is 2.90 bits per heavy atom. The minimum atomic E-state index is -0.570. The summed E-state index contributed by atoms with van der Waals surface area (Å²) in [4.78, 5) is 22.0. The van der Waals surface area contributed by atoms with E-state index in [-0.39, 0.29) is 29.4 Å². The molecule has 0 aliphatic heterocycles. The van der Waals surface area contributed by atoms with E-state index in [0.29, 0.717) is 5.02 Å². The molecule has 1 aromatic carbocycles.